The third kappa shape index (κ3) is 52.9. The first-order valence-corrected chi connectivity index (χ1v) is 29.3. The molecule has 66 heavy (non-hydrogen) atoms. The van der Waals surface area contributed by atoms with Gasteiger partial charge in [-0.1, -0.05) is 276 Å². The summed E-state index contributed by atoms with van der Waals surface area (Å²) in [6, 6.07) is 0. The van der Waals surface area contributed by atoms with Gasteiger partial charge in [0.25, 0.3) is 0 Å². The molecule has 0 spiro atoms. The van der Waals surface area contributed by atoms with E-state index in [1.807, 2.05) is 0 Å². The molecular weight excluding hydrogens is 817 g/mol. The van der Waals surface area contributed by atoms with E-state index in [0.717, 1.165) is 70.6 Å². The second-order valence-corrected chi connectivity index (χ2v) is 19.9. The number of carbonyl (C=O) groups is 3. The van der Waals surface area contributed by atoms with Crippen LogP contribution in [0.25, 0.3) is 0 Å². The van der Waals surface area contributed by atoms with Crippen molar-refractivity contribution in [3.8, 4) is 0 Å². The summed E-state index contributed by atoms with van der Waals surface area (Å²) < 4.78 is 16.9. The molecule has 0 rings (SSSR count). The first kappa shape index (κ1) is 63.9. The average Bonchev–Trinajstić information content (AvgIpc) is 3.31. The van der Waals surface area contributed by atoms with Crippen molar-refractivity contribution in [3.05, 3.63) is 24.3 Å². The van der Waals surface area contributed by atoms with Crippen LogP contribution in [-0.2, 0) is 28.6 Å². The van der Waals surface area contributed by atoms with Crippen LogP contribution in [0.5, 0.6) is 0 Å². The first-order valence-electron chi connectivity index (χ1n) is 29.3. The molecule has 0 aliphatic heterocycles. The number of rotatable bonds is 54. The fraction of sp³-hybridized carbons (Fsp3) is 0.883. The molecule has 0 saturated heterocycles. The lowest BCUT2D eigenvalue weighted by Gasteiger charge is -2.18. The summed E-state index contributed by atoms with van der Waals surface area (Å²) in [7, 11) is 0. The van der Waals surface area contributed by atoms with E-state index in [4.69, 9.17) is 14.2 Å². The lowest BCUT2D eigenvalue weighted by atomic mass is 10.0. The van der Waals surface area contributed by atoms with Gasteiger partial charge in [0.15, 0.2) is 6.10 Å². The number of ether oxygens (including phenoxy) is 3. The highest BCUT2D eigenvalue weighted by molar-refractivity contribution is 5.71. The van der Waals surface area contributed by atoms with Crippen molar-refractivity contribution in [2.24, 2.45) is 0 Å². The largest absolute Gasteiger partial charge is 0.462 e. The molecule has 0 aromatic carbocycles. The summed E-state index contributed by atoms with van der Waals surface area (Å²) >= 11 is 0. The zero-order valence-corrected chi connectivity index (χ0v) is 44.5. The van der Waals surface area contributed by atoms with Gasteiger partial charge in [-0.15, -0.1) is 0 Å². The van der Waals surface area contributed by atoms with Crippen LogP contribution in [-0.4, -0.2) is 37.2 Å². The maximum absolute atomic E-state index is 12.8. The lowest BCUT2D eigenvalue weighted by molar-refractivity contribution is -0.167. The number of hydrogen-bond acceptors (Lipinski definition) is 6. The predicted molar refractivity (Wildman–Crippen MR) is 284 cm³/mol. The van der Waals surface area contributed by atoms with E-state index in [-0.39, 0.29) is 31.1 Å². The van der Waals surface area contributed by atoms with Gasteiger partial charge in [-0.2, -0.15) is 0 Å². The Hall–Kier alpha value is -2.11. The molecule has 0 N–H and O–H groups in total. The van der Waals surface area contributed by atoms with E-state index in [2.05, 4.69) is 45.1 Å². The molecule has 0 heterocycles. The van der Waals surface area contributed by atoms with Crippen LogP contribution >= 0.6 is 0 Å². The van der Waals surface area contributed by atoms with Gasteiger partial charge in [-0.05, 0) is 51.4 Å². The maximum atomic E-state index is 12.8. The van der Waals surface area contributed by atoms with Gasteiger partial charge in [0.2, 0.25) is 0 Å². The van der Waals surface area contributed by atoms with Crippen LogP contribution in [0, 0.1) is 0 Å². The summed E-state index contributed by atoms with van der Waals surface area (Å²) in [5, 5.41) is 0. The summed E-state index contributed by atoms with van der Waals surface area (Å²) in [6.07, 6.45) is 64.5. The molecule has 0 aromatic rings. The second kappa shape index (κ2) is 55.5. The van der Waals surface area contributed by atoms with Crippen molar-refractivity contribution < 1.29 is 28.6 Å². The van der Waals surface area contributed by atoms with Crippen LogP contribution in [0.4, 0.5) is 0 Å². The van der Waals surface area contributed by atoms with E-state index in [0.29, 0.717) is 19.3 Å². The van der Waals surface area contributed by atoms with Crippen LogP contribution < -0.4 is 0 Å². The molecule has 0 amide bonds. The van der Waals surface area contributed by atoms with Crippen molar-refractivity contribution in [2.75, 3.05) is 13.2 Å². The van der Waals surface area contributed by atoms with Crippen molar-refractivity contribution in [1.29, 1.82) is 0 Å². The lowest BCUT2D eigenvalue weighted by Crippen LogP contribution is -2.30. The minimum atomic E-state index is -0.769. The highest BCUT2D eigenvalue weighted by Gasteiger charge is 2.19. The SMILES string of the molecule is CCCCC/C=C\C/C=C\CCCCCCCCCC(=O)OC[C@H](COC(=O)CCCCCCCCCCCCCCCCCCCCC)OC(=O)CCCCCCCCCCCCCC. The van der Waals surface area contributed by atoms with Gasteiger partial charge in [0.1, 0.15) is 13.2 Å². The maximum Gasteiger partial charge on any atom is 0.306 e. The van der Waals surface area contributed by atoms with Gasteiger partial charge in [0, 0.05) is 19.3 Å². The number of carbonyl (C=O) groups excluding carboxylic acids is 3. The molecule has 0 fully saturated rings. The molecule has 6 heteroatoms. The Morgan fingerprint density at radius 2 is 0.545 bits per heavy atom. The zero-order valence-electron chi connectivity index (χ0n) is 44.5. The third-order valence-electron chi connectivity index (χ3n) is 13.2. The summed E-state index contributed by atoms with van der Waals surface area (Å²) in [5.74, 6) is -0.855. The van der Waals surface area contributed by atoms with E-state index < -0.39 is 6.10 Å². The Bertz CT molecular complexity index is 1070. The van der Waals surface area contributed by atoms with Crippen LogP contribution in [0.2, 0.25) is 0 Å². The molecule has 0 bridgehead atoms. The highest BCUT2D eigenvalue weighted by Crippen LogP contribution is 2.17. The van der Waals surface area contributed by atoms with Crippen molar-refractivity contribution in [1.82, 2.24) is 0 Å². The van der Waals surface area contributed by atoms with Gasteiger partial charge in [-0.3, -0.25) is 14.4 Å². The van der Waals surface area contributed by atoms with Gasteiger partial charge in [-0.25, -0.2) is 0 Å². The number of esters is 3. The van der Waals surface area contributed by atoms with Crippen molar-refractivity contribution >= 4 is 17.9 Å². The third-order valence-corrected chi connectivity index (χ3v) is 13.2. The predicted octanol–water partition coefficient (Wildman–Crippen LogP) is 19.5. The normalized spacial score (nSPS) is 12.1. The molecule has 6 nitrogen and oxygen atoms in total. The van der Waals surface area contributed by atoms with Crippen LogP contribution in [0.1, 0.15) is 323 Å². The Labute approximate surface area is 411 Å². The fourth-order valence-corrected chi connectivity index (χ4v) is 8.77. The number of allylic oxidation sites excluding steroid dienone is 4. The highest BCUT2D eigenvalue weighted by atomic mass is 16.6. The smallest absolute Gasteiger partial charge is 0.306 e. The summed E-state index contributed by atoms with van der Waals surface area (Å²) in [4.78, 5) is 38.1. The van der Waals surface area contributed by atoms with Crippen LogP contribution in [0.15, 0.2) is 24.3 Å². The molecule has 0 saturated carbocycles. The molecule has 1 atom stereocenters. The topological polar surface area (TPSA) is 78.9 Å². The second-order valence-electron chi connectivity index (χ2n) is 19.9. The van der Waals surface area contributed by atoms with E-state index in [1.54, 1.807) is 0 Å². The Kier molecular flexibility index (Phi) is 53.7. The minimum Gasteiger partial charge on any atom is -0.462 e. The van der Waals surface area contributed by atoms with Crippen molar-refractivity contribution in [2.45, 2.75) is 329 Å². The molecule has 0 aliphatic rings. The van der Waals surface area contributed by atoms with E-state index >= 15 is 0 Å². The minimum absolute atomic E-state index is 0.0681. The molecule has 0 aliphatic carbocycles. The van der Waals surface area contributed by atoms with E-state index in [1.165, 1.54) is 212 Å². The number of unbranched alkanes of at least 4 members (excludes halogenated alkanes) is 39. The quantitative estimate of drug-likeness (QED) is 0.0262. The molecule has 0 unspecified atom stereocenters. The van der Waals surface area contributed by atoms with Crippen molar-refractivity contribution in [3.63, 3.8) is 0 Å². The summed E-state index contributed by atoms with van der Waals surface area (Å²) in [6.45, 7) is 6.66. The molecule has 388 valence electrons. The summed E-state index contributed by atoms with van der Waals surface area (Å²) in [5.41, 5.74) is 0. The van der Waals surface area contributed by atoms with E-state index in [9.17, 15) is 14.4 Å². The van der Waals surface area contributed by atoms with Gasteiger partial charge < -0.3 is 14.2 Å². The van der Waals surface area contributed by atoms with Gasteiger partial charge >= 0.3 is 17.9 Å². The molecular formula is C60H112O6. The van der Waals surface area contributed by atoms with Crippen LogP contribution in [0.3, 0.4) is 0 Å². The fourth-order valence-electron chi connectivity index (χ4n) is 8.77. The average molecular weight is 930 g/mol. The zero-order chi connectivity index (χ0) is 47.9. The first-order chi connectivity index (χ1) is 32.5. The number of hydrogen-bond donors (Lipinski definition) is 0. The molecule has 0 radical (unpaired) electrons. The Balaban J connectivity index is 4.28. The Morgan fingerprint density at radius 1 is 0.303 bits per heavy atom. The van der Waals surface area contributed by atoms with Gasteiger partial charge in [0.05, 0.1) is 0 Å². The molecule has 0 aromatic heterocycles. The monoisotopic (exact) mass is 929 g/mol. The standard InChI is InChI=1S/C60H112O6/c1-4-7-10-13-16-19-22-25-27-29-30-32-34-36-39-41-44-47-50-53-59(62)65-56-57(66-60(63)54-51-48-45-42-37-24-21-18-15-12-9-6-3)55-64-58(61)52-49-46-43-40-38-35-33-31-28-26-23-20-17-14-11-8-5-2/h17,20,26,28,57H,4-16,18-19,21-25,27,29-56H2,1-3H3/b20-17-,28-26-/t57-/m1/s1. The Morgan fingerprint density at radius 3 is 0.864 bits per heavy atom.